The standard InChI is InChI=1S/C12H12ClIN4O/c1-19-5-8-10(14)11(13)17-12(16-8)9-4-15-6-18(9)7-2-3-7/h4,6-7H,2-3,5H2,1H3. The van der Waals surface area contributed by atoms with Gasteiger partial charge in [-0.1, -0.05) is 11.6 Å². The normalized spacial score (nSPS) is 14.9. The Bertz CT molecular complexity index is 612. The summed E-state index contributed by atoms with van der Waals surface area (Å²) in [5.74, 6) is 0.613. The number of rotatable bonds is 4. The summed E-state index contributed by atoms with van der Waals surface area (Å²) < 4.78 is 8.11. The van der Waals surface area contributed by atoms with Crippen LogP contribution in [0.15, 0.2) is 12.5 Å². The van der Waals surface area contributed by atoms with Crippen LogP contribution < -0.4 is 0 Å². The van der Waals surface area contributed by atoms with Gasteiger partial charge in [0.15, 0.2) is 5.82 Å². The lowest BCUT2D eigenvalue weighted by Crippen LogP contribution is -2.04. The third kappa shape index (κ3) is 2.61. The van der Waals surface area contributed by atoms with Crippen molar-refractivity contribution in [1.82, 2.24) is 19.5 Å². The van der Waals surface area contributed by atoms with Crippen LogP contribution in [0.3, 0.4) is 0 Å². The predicted octanol–water partition coefficient (Wildman–Crippen LogP) is 3.08. The number of ether oxygens (including phenoxy) is 1. The summed E-state index contributed by atoms with van der Waals surface area (Å²) in [6.07, 6.45) is 5.99. The molecule has 19 heavy (non-hydrogen) atoms. The van der Waals surface area contributed by atoms with Crippen LogP contribution in [0.25, 0.3) is 11.5 Å². The van der Waals surface area contributed by atoms with E-state index in [0.29, 0.717) is 23.6 Å². The zero-order valence-electron chi connectivity index (χ0n) is 10.3. The van der Waals surface area contributed by atoms with E-state index >= 15 is 0 Å². The number of imidazole rings is 1. The van der Waals surface area contributed by atoms with Crippen LogP contribution in [0.1, 0.15) is 24.6 Å². The van der Waals surface area contributed by atoms with Crippen LogP contribution >= 0.6 is 34.2 Å². The molecule has 0 unspecified atom stereocenters. The van der Waals surface area contributed by atoms with Crippen molar-refractivity contribution >= 4 is 34.2 Å². The molecule has 1 aliphatic rings. The van der Waals surface area contributed by atoms with E-state index in [9.17, 15) is 0 Å². The predicted molar refractivity (Wildman–Crippen MR) is 80.0 cm³/mol. The summed E-state index contributed by atoms with van der Waals surface area (Å²) >= 11 is 8.31. The lowest BCUT2D eigenvalue weighted by molar-refractivity contribution is 0.181. The van der Waals surface area contributed by atoms with Crippen molar-refractivity contribution in [2.45, 2.75) is 25.5 Å². The number of nitrogens with zero attached hydrogens (tertiary/aromatic N) is 4. The summed E-state index contributed by atoms with van der Waals surface area (Å²) in [6, 6.07) is 0.532. The summed E-state index contributed by atoms with van der Waals surface area (Å²) in [5, 5.41) is 0.459. The van der Waals surface area contributed by atoms with Crippen molar-refractivity contribution in [1.29, 1.82) is 0 Å². The first-order valence-corrected chi connectivity index (χ1v) is 7.39. The SMILES string of the molecule is COCc1nc(-c2cncn2C2CC2)nc(Cl)c1I. The molecule has 0 spiro atoms. The van der Waals surface area contributed by atoms with Crippen LogP contribution in [-0.4, -0.2) is 26.6 Å². The van der Waals surface area contributed by atoms with Gasteiger partial charge in [0, 0.05) is 13.2 Å². The fourth-order valence-corrected chi connectivity index (χ4v) is 2.52. The first kappa shape index (κ1) is 13.3. The van der Waals surface area contributed by atoms with E-state index in [1.807, 2.05) is 6.33 Å². The summed E-state index contributed by atoms with van der Waals surface area (Å²) in [5.41, 5.74) is 1.72. The number of methoxy groups -OCH3 is 1. The van der Waals surface area contributed by atoms with Crippen LogP contribution in [-0.2, 0) is 11.3 Å². The Balaban J connectivity index is 2.06. The lowest BCUT2D eigenvalue weighted by Gasteiger charge is -2.09. The highest BCUT2D eigenvalue weighted by molar-refractivity contribution is 14.1. The largest absolute Gasteiger partial charge is 0.378 e. The van der Waals surface area contributed by atoms with E-state index in [-0.39, 0.29) is 0 Å². The third-order valence-electron chi connectivity index (χ3n) is 3.00. The quantitative estimate of drug-likeness (QED) is 0.595. The van der Waals surface area contributed by atoms with Crippen LogP contribution in [0.4, 0.5) is 0 Å². The van der Waals surface area contributed by atoms with E-state index in [4.69, 9.17) is 16.3 Å². The highest BCUT2D eigenvalue weighted by atomic mass is 127. The van der Waals surface area contributed by atoms with E-state index in [2.05, 4.69) is 42.1 Å². The topological polar surface area (TPSA) is 52.8 Å². The van der Waals surface area contributed by atoms with Gasteiger partial charge >= 0.3 is 0 Å². The lowest BCUT2D eigenvalue weighted by atomic mass is 10.3. The maximum absolute atomic E-state index is 6.18. The van der Waals surface area contributed by atoms with Gasteiger partial charge < -0.3 is 9.30 Å². The number of hydrogen-bond acceptors (Lipinski definition) is 4. The zero-order valence-corrected chi connectivity index (χ0v) is 13.2. The molecule has 3 rings (SSSR count). The highest BCUT2D eigenvalue weighted by Gasteiger charge is 2.27. The minimum Gasteiger partial charge on any atom is -0.378 e. The van der Waals surface area contributed by atoms with Crippen molar-refractivity contribution in [3.8, 4) is 11.5 Å². The second-order valence-electron chi connectivity index (χ2n) is 4.45. The van der Waals surface area contributed by atoms with Crippen LogP contribution in [0.2, 0.25) is 5.15 Å². The second-order valence-corrected chi connectivity index (χ2v) is 5.89. The van der Waals surface area contributed by atoms with Crippen molar-refractivity contribution in [2.75, 3.05) is 7.11 Å². The highest BCUT2D eigenvalue weighted by Crippen LogP contribution is 2.37. The molecule has 0 radical (unpaired) electrons. The summed E-state index contributed by atoms with van der Waals surface area (Å²) in [4.78, 5) is 13.1. The molecule has 0 aromatic carbocycles. The average Bonchev–Trinajstić information content (AvgIpc) is 3.12. The second kappa shape index (κ2) is 5.34. The van der Waals surface area contributed by atoms with Gasteiger partial charge in [-0.25, -0.2) is 15.0 Å². The molecule has 0 atom stereocenters. The molecule has 0 amide bonds. The minimum absolute atomic E-state index is 0.422. The Morgan fingerprint density at radius 3 is 2.95 bits per heavy atom. The Kier molecular flexibility index (Phi) is 3.72. The molecule has 1 saturated carbocycles. The van der Waals surface area contributed by atoms with E-state index < -0.39 is 0 Å². The van der Waals surface area contributed by atoms with Gasteiger partial charge in [0.05, 0.1) is 28.4 Å². The van der Waals surface area contributed by atoms with Gasteiger partial charge in [-0.2, -0.15) is 0 Å². The first-order chi connectivity index (χ1) is 9.20. The fraction of sp³-hybridized carbons (Fsp3) is 0.417. The minimum atomic E-state index is 0.422. The maximum Gasteiger partial charge on any atom is 0.179 e. The molecule has 0 saturated heterocycles. The summed E-state index contributed by atoms with van der Waals surface area (Å²) in [7, 11) is 1.64. The average molecular weight is 391 g/mol. The smallest absolute Gasteiger partial charge is 0.179 e. The molecule has 2 heterocycles. The first-order valence-electron chi connectivity index (χ1n) is 5.93. The van der Waals surface area contributed by atoms with Gasteiger partial charge in [-0.3, -0.25) is 0 Å². The van der Waals surface area contributed by atoms with E-state index in [1.54, 1.807) is 13.3 Å². The van der Waals surface area contributed by atoms with Gasteiger partial charge in [0.1, 0.15) is 10.8 Å². The van der Waals surface area contributed by atoms with Gasteiger partial charge in [-0.15, -0.1) is 0 Å². The number of halogens is 2. The molecule has 1 fully saturated rings. The monoisotopic (exact) mass is 390 g/mol. The van der Waals surface area contributed by atoms with Gasteiger partial charge in [-0.05, 0) is 35.4 Å². The Morgan fingerprint density at radius 2 is 2.26 bits per heavy atom. The molecule has 0 bridgehead atoms. The third-order valence-corrected chi connectivity index (χ3v) is 4.72. The number of aromatic nitrogens is 4. The van der Waals surface area contributed by atoms with Crippen LogP contribution in [0.5, 0.6) is 0 Å². The van der Waals surface area contributed by atoms with E-state index in [1.165, 1.54) is 12.8 Å². The Hall–Kier alpha value is -0.730. The van der Waals surface area contributed by atoms with Gasteiger partial charge in [0.25, 0.3) is 0 Å². The molecule has 7 heteroatoms. The zero-order chi connectivity index (χ0) is 13.4. The van der Waals surface area contributed by atoms with Crippen molar-refractivity contribution in [3.63, 3.8) is 0 Å². The molecule has 5 nitrogen and oxygen atoms in total. The molecule has 100 valence electrons. The Labute approximate surface area is 129 Å². The van der Waals surface area contributed by atoms with Crippen molar-refractivity contribution in [2.24, 2.45) is 0 Å². The molecule has 1 aliphatic carbocycles. The molecule has 0 aliphatic heterocycles. The Morgan fingerprint density at radius 1 is 1.47 bits per heavy atom. The molecular formula is C12H12ClIN4O. The fourth-order valence-electron chi connectivity index (χ4n) is 1.93. The van der Waals surface area contributed by atoms with Crippen LogP contribution in [0, 0.1) is 3.57 Å². The number of hydrogen-bond donors (Lipinski definition) is 0. The van der Waals surface area contributed by atoms with Crippen molar-refractivity contribution < 1.29 is 4.74 Å². The molecular weight excluding hydrogens is 379 g/mol. The summed E-state index contributed by atoms with van der Waals surface area (Å²) in [6.45, 7) is 0.422. The maximum atomic E-state index is 6.18. The molecule has 0 N–H and O–H groups in total. The van der Waals surface area contributed by atoms with E-state index in [0.717, 1.165) is 15.0 Å². The molecule has 2 aromatic heterocycles. The van der Waals surface area contributed by atoms with Gasteiger partial charge in [0.2, 0.25) is 0 Å². The molecule has 2 aromatic rings. The van der Waals surface area contributed by atoms with Crippen molar-refractivity contribution in [3.05, 3.63) is 26.9 Å².